The molecule has 0 aromatic rings. The molecular formula is H4Na2O4SeZn. The summed E-state index contributed by atoms with van der Waals surface area (Å²) in [5.41, 5.74) is 0. The fourth-order valence-electron chi connectivity index (χ4n) is 0. The van der Waals surface area contributed by atoms with Gasteiger partial charge in [-0.2, -0.15) is 0 Å². The SMILES string of the molecule is O=[Se](=O)(O)O.[H-].[H-].[Na+].[Na+].[Zn]. The molecule has 0 aliphatic carbocycles. The molecule has 4 nitrogen and oxygen atoms in total. The maximum atomic E-state index is 8.82. The van der Waals surface area contributed by atoms with Crippen LogP contribution in [-0.4, -0.2) is 21.7 Å². The zero-order chi connectivity index (χ0) is 4.50. The Bertz CT molecular complexity index is 104. The van der Waals surface area contributed by atoms with Crippen molar-refractivity contribution in [2.75, 3.05) is 0 Å². The van der Waals surface area contributed by atoms with Crippen LogP contribution in [0.2, 0.25) is 0 Å². The Hall–Kier alpha value is 2.66. The van der Waals surface area contributed by atoms with Gasteiger partial charge in [0.05, 0.1) is 0 Å². The summed E-state index contributed by atoms with van der Waals surface area (Å²) in [4.78, 5) is 0. The van der Waals surface area contributed by atoms with Crippen LogP contribution in [0.1, 0.15) is 2.85 Å². The van der Waals surface area contributed by atoms with Gasteiger partial charge in [0.1, 0.15) is 0 Å². The minimum Gasteiger partial charge on any atom is -1.00 e. The second-order valence-corrected chi connectivity index (χ2v) is 2.33. The first-order valence-corrected chi connectivity index (χ1v) is 3.63. The zero-order valence-electron chi connectivity index (χ0n) is 6.83. The Morgan fingerprint density at radius 1 is 1.12 bits per heavy atom. The first kappa shape index (κ1) is 22.4. The number of hydrogen-bond acceptors (Lipinski definition) is 2. The molecule has 0 aliphatic rings. The van der Waals surface area contributed by atoms with Gasteiger partial charge in [-0.1, -0.05) is 0 Å². The summed E-state index contributed by atoms with van der Waals surface area (Å²) >= 11 is -5.25. The van der Waals surface area contributed by atoms with Gasteiger partial charge in [-0.05, 0) is 0 Å². The Kier molecular flexibility index (Phi) is 27.1. The van der Waals surface area contributed by atoms with Crippen molar-refractivity contribution >= 4 is 13.4 Å². The van der Waals surface area contributed by atoms with E-state index in [2.05, 4.69) is 0 Å². The van der Waals surface area contributed by atoms with Gasteiger partial charge in [0, 0.05) is 19.5 Å². The van der Waals surface area contributed by atoms with Crippen LogP contribution >= 0.6 is 0 Å². The Morgan fingerprint density at radius 3 is 1.12 bits per heavy atom. The van der Waals surface area contributed by atoms with Crippen LogP contribution in [0.15, 0.2) is 0 Å². The van der Waals surface area contributed by atoms with Crippen molar-refractivity contribution < 1.29 is 97.5 Å². The minimum atomic E-state index is -5.25. The van der Waals surface area contributed by atoms with Gasteiger partial charge in [0.25, 0.3) is 0 Å². The maximum Gasteiger partial charge on any atom is 1.00 e. The predicted octanol–water partition coefficient (Wildman–Crippen LogP) is -7.50. The van der Waals surface area contributed by atoms with Crippen LogP contribution in [0.25, 0.3) is 0 Å². The fourth-order valence-corrected chi connectivity index (χ4v) is 0. The quantitative estimate of drug-likeness (QED) is 0.423. The molecule has 0 spiro atoms. The summed E-state index contributed by atoms with van der Waals surface area (Å²) in [6.07, 6.45) is 0. The Balaban J connectivity index is -0.00000000800. The molecule has 0 aromatic carbocycles. The second-order valence-electron chi connectivity index (χ2n) is 0.448. The summed E-state index contributed by atoms with van der Waals surface area (Å²) in [5.74, 6) is 0. The van der Waals surface area contributed by atoms with Gasteiger partial charge in [0.15, 0.2) is 0 Å². The first-order chi connectivity index (χ1) is 2.00. The Labute approximate surface area is 109 Å². The van der Waals surface area contributed by atoms with Crippen molar-refractivity contribution in [2.45, 2.75) is 0 Å². The molecule has 0 saturated carbocycles. The van der Waals surface area contributed by atoms with E-state index >= 15 is 0 Å². The van der Waals surface area contributed by atoms with Crippen molar-refractivity contribution in [2.24, 2.45) is 0 Å². The molecule has 0 heterocycles. The topological polar surface area (TPSA) is 74.6 Å². The first-order valence-electron chi connectivity index (χ1n) is 0.698. The summed E-state index contributed by atoms with van der Waals surface area (Å²) in [6.45, 7) is 0. The number of rotatable bonds is 0. The van der Waals surface area contributed by atoms with Gasteiger partial charge in [-0.15, -0.1) is 0 Å². The number of hydrogen-bond donors (Lipinski definition) is 2. The van der Waals surface area contributed by atoms with Crippen LogP contribution in [0.5, 0.6) is 0 Å². The van der Waals surface area contributed by atoms with E-state index in [1.54, 1.807) is 0 Å². The molecule has 0 saturated heterocycles. The molecule has 38 valence electrons. The third-order valence-corrected chi connectivity index (χ3v) is 0. The molecule has 0 atom stereocenters. The molecule has 0 radical (unpaired) electrons. The third-order valence-electron chi connectivity index (χ3n) is 0. The van der Waals surface area contributed by atoms with Crippen molar-refractivity contribution in [3.05, 3.63) is 0 Å². The van der Waals surface area contributed by atoms with E-state index in [1.165, 1.54) is 0 Å². The minimum absolute atomic E-state index is 0. The maximum absolute atomic E-state index is 8.82. The van der Waals surface area contributed by atoms with Crippen LogP contribution in [0, 0.1) is 0 Å². The third kappa shape index (κ3) is 71.7. The summed E-state index contributed by atoms with van der Waals surface area (Å²) < 4.78 is 31.9. The largest absolute Gasteiger partial charge is 1.00 e. The summed E-state index contributed by atoms with van der Waals surface area (Å²) in [5, 5.41) is 0. The van der Waals surface area contributed by atoms with Crippen LogP contribution in [-0.2, 0) is 27.1 Å². The molecule has 0 aromatic heterocycles. The smallest absolute Gasteiger partial charge is 1.00 e. The van der Waals surface area contributed by atoms with Crippen molar-refractivity contribution in [3.8, 4) is 0 Å². The van der Waals surface area contributed by atoms with E-state index in [9.17, 15) is 0 Å². The van der Waals surface area contributed by atoms with Gasteiger partial charge in [-0.25, -0.2) is 0 Å². The monoisotopic (exact) mass is 258 g/mol. The van der Waals surface area contributed by atoms with Crippen molar-refractivity contribution in [3.63, 3.8) is 0 Å². The average Bonchev–Trinajstić information content (AvgIpc) is 0.722. The molecule has 0 unspecified atom stereocenters. The summed E-state index contributed by atoms with van der Waals surface area (Å²) in [6, 6.07) is 0. The molecule has 8 heteroatoms. The zero-order valence-corrected chi connectivity index (χ0v) is 13.5. The van der Waals surface area contributed by atoms with Gasteiger partial charge >= 0.3 is 88.5 Å². The molecule has 0 fully saturated rings. The van der Waals surface area contributed by atoms with Crippen molar-refractivity contribution in [1.29, 1.82) is 0 Å². The van der Waals surface area contributed by atoms with Gasteiger partial charge < -0.3 is 2.85 Å². The van der Waals surface area contributed by atoms with Gasteiger partial charge in [-0.3, -0.25) is 0 Å². The standard InChI is InChI=1S/2Na.H2O4Se.Zn.2H/c;;1-5(2,3)4;;;/h;;(H2,1,2,3,4);;;/q2*+1;;;2*-1. The van der Waals surface area contributed by atoms with E-state index in [0.717, 1.165) is 0 Å². The average molecular weight is 258 g/mol. The molecular weight excluding hydrogens is 254 g/mol. The molecule has 0 aliphatic heterocycles. The van der Waals surface area contributed by atoms with E-state index < -0.39 is 13.4 Å². The Morgan fingerprint density at radius 2 is 1.12 bits per heavy atom. The fraction of sp³-hybridized carbons (Fsp3) is 0. The van der Waals surface area contributed by atoms with Crippen LogP contribution in [0.4, 0.5) is 0 Å². The molecule has 2 N–H and O–H groups in total. The predicted molar refractivity (Wildman–Crippen MR) is 13.8 cm³/mol. The van der Waals surface area contributed by atoms with Crippen molar-refractivity contribution in [1.82, 2.24) is 0 Å². The van der Waals surface area contributed by atoms with Crippen LogP contribution < -0.4 is 59.1 Å². The summed E-state index contributed by atoms with van der Waals surface area (Å²) in [7, 11) is 0. The molecule has 0 bridgehead atoms. The molecule has 0 amide bonds. The van der Waals surface area contributed by atoms with E-state index in [1.807, 2.05) is 0 Å². The second kappa shape index (κ2) is 9.66. The van der Waals surface area contributed by atoms with E-state index in [0.29, 0.717) is 0 Å². The van der Waals surface area contributed by atoms with E-state index in [-0.39, 0.29) is 81.4 Å². The molecule has 8 heavy (non-hydrogen) atoms. The van der Waals surface area contributed by atoms with Gasteiger partial charge in [0.2, 0.25) is 0 Å². The molecule has 0 rings (SSSR count). The normalized spacial score (nSPS) is 7.25. The van der Waals surface area contributed by atoms with Crippen LogP contribution in [0.3, 0.4) is 0 Å². The van der Waals surface area contributed by atoms with E-state index in [4.69, 9.17) is 16.0 Å².